The Bertz CT molecular complexity index is 1340. The standard InChI is InChI=1S/C24H24Cl2F3N5O3.C2H6/c1-14-6-8-16(9-7-14)22-32-34(23(37)33(22)11-10-24(27,28)29)13-20(36)31-19(12-30-15(2)35)17-4-3-5-18(25)21(17)26;1-2/h3-9,19H,10-13H2,1-2H3,(H,30,35)(H,31,36);1-2H3. The largest absolute Gasteiger partial charge is 0.390 e. The van der Waals surface area contributed by atoms with Crippen LogP contribution >= 0.6 is 23.2 Å². The van der Waals surface area contributed by atoms with Gasteiger partial charge in [0.2, 0.25) is 11.8 Å². The van der Waals surface area contributed by atoms with E-state index in [1.807, 2.05) is 20.8 Å². The third kappa shape index (κ3) is 9.14. The second kappa shape index (κ2) is 14.2. The second-order valence-electron chi connectivity index (χ2n) is 8.35. The molecule has 212 valence electrons. The van der Waals surface area contributed by atoms with Gasteiger partial charge in [-0.3, -0.25) is 14.2 Å². The monoisotopic (exact) mass is 587 g/mol. The lowest BCUT2D eigenvalue weighted by molar-refractivity contribution is -0.136. The first kappa shape index (κ1) is 31.9. The van der Waals surface area contributed by atoms with Gasteiger partial charge >= 0.3 is 11.9 Å². The van der Waals surface area contributed by atoms with Gasteiger partial charge in [0.25, 0.3) is 0 Å². The highest BCUT2D eigenvalue weighted by Gasteiger charge is 2.29. The van der Waals surface area contributed by atoms with Crippen LogP contribution in [0.2, 0.25) is 10.0 Å². The Morgan fingerprint density at radius 2 is 1.72 bits per heavy atom. The van der Waals surface area contributed by atoms with Crippen LogP contribution in [0, 0.1) is 6.92 Å². The topological polar surface area (TPSA) is 98.0 Å². The Balaban J connectivity index is 0.00000260. The zero-order chi connectivity index (χ0) is 29.3. The number of carbonyl (C=O) groups excluding carboxylic acids is 2. The van der Waals surface area contributed by atoms with E-state index in [9.17, 15) is 27.6 Å². The van der Waals surface area contributed by atoms with E-state index in [0.29, 0.717) is 11.1 Å². The quantitative estimate of drug-likeness (QED) is 0.355. The van der Waals surface area contributed by atoms with Gasteiger partial charge in [-0.15, -0.1) is 5.10 Å². The van der Waals surface area contributed by atoms with Crippen molar-refractivity contribution in [1.82, 2.24) is 25.0 Å². The molecule has 8 nitrogen and oxygen atoms in total. The third-order valence-electron chi connectivity index (χ3n) is 5.39. The first-order valence-corrected chi connectivity index (χ1v) is 12.9. The van der Waals surface area contributed by atoms with Gasteiger partial charge in [-0.25, -0.2) is 9.48 Å². The van der Waals surface area contributed by atoms with Crippen molar-refractivity contribution < 1.29 is 22.8 Å². The molecule has 0 radical (unpaired) electrons. The van der Waals surface area contributed by atoms with E-state index >= 15 is 0 Å². The molecule has 1 heterocycles. The number of benzene rings is 2. The molecule has 2 aromatic carbocycles. The number of aromatic nitrogens is 3. The van der Waals surface area contributed by atoms with Crippen LogP contribution in [0.15, 0.2) is 47.3 Å². The summed E-state index contributed by atoms with van der Waals surface area (Å²) in [5.74, 6) is -1.01. The van der Waals surface area contributed by atoms with Gasteiger partial charge in [0.15, 0.2) is 5.82 Å². The molecular formula is C26H30Cl2F3N5O3. The van der Waals surface area contributed by atoms with Crippen molar-refractivity contribution in [2.45, 2.75) is 59.4 Å². The molecule has 2 amide bonds. The van der Waals surface area contributed by atoms with Crippen LogP contribution in [0.1, 0.15) is 44.4 Å². The molecule has 1 unspecified atom stereocenters. The van der Waals surface area contributed by atoms with E-state index in [0.717, 1.165) is 14.8 Å². The van der Waals surface area contributed by atoms with E-state index in [-0.39, 0.29) is 28.3 Å². The summed E-state index contributed by atoms with van der Waals surface area (Å²) in [6.45, 7) is 5.89. The van der Waals surface area contributed by atoms with E-state index in [4.69, 9.17) is 23.2 Å². The molecule has 0 fully saturated rings. The van der Waals surface area contributed by atoms with Crippen LogP contribution < -0.4 is 16.3 Å². The average Bonchev–Trinajstić information content (AvgIpc) is 3.18. The second-order valence-corrected chi connectivity index (χ2v) is 9.13. The Morgan fingerprint density at radius 3 is 2.31 bits per heavy atom. The first-order chi connectivity index (χ1) is 18.4. The van der Waals surface area contributed by atoms with Gasteiger partial charge in [-0.05, 0) is 18.6 Å². The number of nitrogens with one attached hydrogen (secondary N) is 2. The summed E-state index contributed by atoms with van der Waals surface area (Å²) in [6, 6.07) is 10.7. The van der Waals surface area contributed by atoms with E-state index in [2.05, 4.69) is 15.7 Å². The van der Waals surface area contributed by atoms with Gasteiger partial charge in [0.1, 0.15) is 6.54 Å². The highest BCUT2D eigenvalue weighted by atomic mass is 35.5. The van der Waals surface area contributed by atoms with Crippen molar-refractivity contribution in [1.29, 1.82) is 0 Å². The Morgan fingerprint density at radius 1 is 1.08 bits per heavy atom. The molecule has 0 aliphatic rings. The van der Waals surface area contributed by atoms with Gasteiger partial charge in [-0.2, -0.15) is 13.2 Å². The Kier molecular flexibility index (Phi) is 11.6. The van der Waals surface area contributed by atoms with Crippen molar-refractivity contribution >= 4 is 35.0 Å². The number of aryl methyl sites for hydroxylation is 1. The molecule has 0 saturated carbocycles. The van der Waals surface area contributed by atoms with Gasteiger partial charge < -0.3 is 10.6 Å². The molecule has 0 spiro atoms. The lowest BCUT2D eigenvalue weighted by Gasteiger charge is -2.21. The maximum absolute atomic E-state index is 13.0. The summed E-state index contributed by atoms with van der Waals surface area (Å²) in [5, 5.41) is 9.84. The van der Waals surface area contributed by atoms with Gasteiger partial charge in [0, 0.05) is 25.6 Å². The summed E-state index contributed by atoms with van der Waals surface area (Å²) in [4.78, 5) is 37.4. The van der Waals surface area contributed by atoms with Crippen LogP contribution in [0.4, 0.5) is 13.2 Å². The zero-order valence-corrected chi connectivity index (χ0v) is 23.4. The number of amides is 2. The molecule has 1 aromatic heterocycles. The number of hydrogen-bond acceptors (Lipinski definition) is 4. The fraction of sp³-hybridized carbons (Fsp3) is 0.385. The lowest BCUT2D eigenvalue weighted by atomic mass is 10.1. The molecular weight excluding hydrogens is 558 g/mol. The summed E-state index contributed by atoms with van der Waals surface area (Å²) >= 11 is 12.4. The van der Waals surface area contributed by atoms with Crippen LogP contribution in [0.3, 0.4) is 0 Å². The molecule has 3 rings (SSSR count). The minimum Gasteiger partial charge on any atom is -0.354 e. The maximum atomic E-state index is 13.0. The highest BCUT2D eigenvalue weighted by molar-refractivity contribution is 6.42. The molecule has 2 N–H and O–H groups in total. The molecule has 0 aliphatic heterocycles. The summed E-state index contributed by atoms with van der Waals surface area (Å²) in [6.07, 6.45) is -5.73. The number of alkyl halides is 3. The highest BCUT2D eigenvalue weighted by Crippen LogP contribution is 2.30. The zero-order valence-electron chi connectivity index (χ0n) is 21.9. The van der Waals surface area contributed by atoms with E-state index in [1.165, 1.54) is 6.92 Å². The molecule has 1 atom stereocenters. The number of rotatable bonds is 9. The van der Waals surface area contributed by atoms with Crippen molar-refractivity contribution in [3.05, 3.63) is 74.1 Å². The normalized spacial score (nSPS) is 11.8. The third-order valence-corrected chi connectivity index (χ3v) is 6.23. The maximum Gasteiger partial charge on any atom is 0.390 e. The molecule has 39 heavy (non-hydrogen) atoms. The van der Waals surface area contributed by atoms with Crippen molar-refractivity contribution in [3.8, 4) is 11.4 Å². The average molecular weight is 588 g/mol. The predicted octanol–water partition coefficient (Wildman–Crippen LogP) is 5.30. The van der Waals surface area contributed by atoms with Gasteiger partial charge in [-0.1, -0.05) is 79.0 Å². The minimum atomic E-state index is -4.49. The van der Waals surface area contributed by atoms with Crippen molar-refractivity contribution in [2.24, 2.45) is 0 Å². The predicted molar refractivity (Wildman–Crippen MR) is 145 cm³/mol. The molecule has 0 aliphatic carbocycles. The minimum absolute atomic E-state index is 0.00901. The number of nitrogens with zero attached hydrogens (tertiary/aromatic N) is 3. The van der Waals surface area contributed by atoms with Crippen LogP contribution in [-0.2, 0) is 22.7 Å². The van der Waals surface area contributed by atoms with Crippen LogP contribution in [-0.4, -0.2) is 38.9 Å². The molecule has 13 heteroatoms. The summed E-state index contributed by atoms with van der Waals surface area (Å²) in [5.41, 5.74) is 0.906. The molecule has 0 saturated heterocycles. The fourth-order valence-electron chi connectivity index (χ4n) is 3.55. The lowest BCUT2D eigenvalue weighted by Crippen LogP contribution is -2.40. The van der Waals surface area contributed by atoms with Gasteiger partial charge in [0.05, 0.1) is 22.5 Å². The van der Waals surface area contributed by atoms with Crippen LogP contribution in [0.25, 0.3) is 11.4 Å². The SMILES string of the molecule is CC.CC(=O)NCC(NC(=O)Cn1nc(-c2ccc(C)cc2)n(CCC(F)(F)F)c1=O)c1cccc(Cl)c1Cl. The molecule has 3 aromatic rings. The van der Waals surface area contributed by atoms with E-state index in [1.54, 1.807) is 42.5 Å². The Labute approximate surface area is 234 Å². The van der Waals surface area contributed by atoms with Crippen LogP contribution in [0.5, 0.6) is 0 Å². The summed E-state index contributed by atoms with van der Waals surface area (Å²) < 4.78 is 40.4. The number of halogens is 5. The van der Waals surface area contributed by atoms with Crippen molar-refractivity contribution in [2.75, 3.05) is 6.54 Å². The fourth-order valence-corrected chi connectivity index (χ4v) is 3.99. The number of hydrogen-bond donors (Lipinski definition) is 2. The smallest absolute Gasteiger partial charge is 0.354 e. The first-order valence-electron chi connectivity index (χ1n) is 12.1. The summed E-state index contributed by atoms with van der Waals surface area (Å²) in [7, 11) is 0. The van der Waals surface area contributed by atoms with Crippen molar-refractivity contribution in [3.63, 3.8) is 0 Å². The number of carbonyl (C=O) groups is 2. The van der Waals surface area contributed by atoms with E-state index < -0.39 is 43.3 Å². The Hall–Kier alpha value is -3.31. The molecule has 0 bridgehead atoms.